The molecule has 1 atom stereocenters. The average Bonchev–Trinajstić information content (AvgIpc) is 2.64. The van der Waals surface area contributed by atoms with E-state index in [2.05, 4.69) is 10.6 Å². The summed E-state index contributed by atoms with van der Waals surface area (Å²) in [4.78, 5) is 38.7. The van der Waals surface area contributed by atoms with Crippen molar-refractivity contribution in [3.05, 3.63) is 58.9 Å². The van der Waals surface area contributed by atoms with Crippen LogP contribution in [0.15, 0.2) is 42.5 Å². The number of rotatable bonds is 6. The SMILES string of the molecule is CC[C@@H](C(=O)Nc1cccc(Cl)c1C(=O)Nc1cccc(F)c1)N(C(=O)O)C(C)(C)C. The van der Waals surface area contributed by atoms with Crippen LogP contribution in [0.25, 0.3) is 0 Å². The molecule has 0 heterocycles. The Hall–Kier alpha value is -3.13. The van der Waals surface area contributed by atoms with Gasteiger partial charge in [0, 0.05) is 11.2 Å². The second kappa shape index (κ2) is 9.78. The molecular weight excluding hydrogens is 425 g/mol. The number of carbonyl (C=O) groups excluding carboxylic acids is 2. The monoisotopic (exact) mass is 449 g/mol. The van der Waals surface area contributed by atoms with E-state index in [0.29, 0.717) is 0 Å². The molecule has 0 aromatic heterocycles. The summed E-state index contributed by atoms with van der Waals surface area (Å²) in [5, 5.41) is 14.9. The third-order valence-electron chi connectivity index (χ3n) is 4.51. The largest absolute Gasteiger partial charge is 0.465 e. The Kier molecular flexibility index (Phi) is 7.62. The highest BCUT2D eigenvalue weighted by atomic mass is 35.5. The van der Waals surface area contributed by atoms with Crippen molar-refractivity contribution in [2.75, 3.05) is 10.6 Å². The third-order valence-corrected chi connectivity index (χ3v) is 4.83. The number of carbonyl (C=O) groups is 3. The molecule has 9 heteroatoms. The molecule has 7 nitrogen and oxygen atoms in total. The summed E-state index contributed by atoms with van der Waals surface area (Å²) in [7, 11) is 0. The molecule has 0 fully saturated rings. The minimum atomic E-state index is -1.23. The van der Waals surface area contributed by atoms with Crippen LogP contribution in [0, 0.1) is 5.82 Å². The summed E-state index contributed by atoms with van der Waals surface area (Å²) in [6.45, 7) is 6.76. The van der Waals surface area contributed by atoms with Gasteiger partial charge >= 0.3 is 6.09 Å². The van der Waals surface area contributed by atoms with E-state index in [1.54, 1.807) is 33.8 Å². The summed E-state index contributed by atoms with van der Waals surface area (Å²) in [6, 6.07) is 8.87. The molecule has 0 unspecified atom stereocenters. The van der Waals surface area contributed by atoms with Crippen LogP contribution in [0.2, 0.25) is 5.02 Å². The fraction of sp³-hybridized carbons (Fsp3) is 0.318. The standard InChI is InChI=1S/C22H25ClFN3O4/c1-5-17(27(21(30)31)22(2,3)4)19(28)26-16-11-7-10-15(23)18(16)20(29)25-14-9-6-8-13(24)12-14/h6-12,17H,5H2,1-4H3,(H,25,29)(H,26,28)(H,30,31)/t17-/m0/s1. The molecule has 0 aliphatic heterocycles. The lowest BCUT2D eigenvalue weighted by atomic mass is 10.0. The number of benzene rings is 2. The maximum atomic E-state index is 13.4. The van der Waals surface area contributed by atoms with Crippen LogP contribution in [0.5, 0.6) is 0 Å². The number of hydrogen-bond acceptors (Lipinski definition) is 3. The van der Waals surface area contributed by atoms with Gasteiger partial charge in [-0.2, -0.15) is 0 Å². The van der Waals surface area contributed by atoms with E-state index < -0.39 is 35.3 Å². The van der Waals surface area contributed by atoms with Crippen molar-refractivity contribution in [2.24, 2.45) is 0 Å². The van der Waals surface area contributed by atoms with E-state index in [1.807, 2.05) is 0 Å². The Labute approximate surface area is 185 Å². The molecular formula is C22H25ClFN3O4. The van der Waals surface area contributed by atoms with Crippen LogP contribution in [0.3, 0.4) is 0 Å². The van der Waals surface area contributed by atoms with Crippen molar-refractivity contribution in [1.29, 1.82) is 0 Å². The van der Waals surface area contributed by atoms with Gasteiger partial charge in [0.1, 0.15) is 11.9 Å². The van der Waals surface area contributed by atoms with Gasteiger partial charge in [0.15, 0.2) is 0 Å². The second-order valence-electron chi connectivity index (χ2n) is 7.86. The lowest BCUT2D eigenvalue weighted by Gasteiger charge is -2.38. The van der Waals surface area contributed by atoms with Gasteiger partial charge in [-0.1, -0.05) is 30.7 Å². The maximum absolute atomic E-state index is 13.4. The summed E-state index contributed by atoms with van der Waals surface area (Å²) < 4.78 is 13.4. The molecule has 0 aliphatic rings. The second-order valence-corrected chi connectivity index (χ2v) is 8.27. The maximum Gasteiger partial charge on any atom is 0.408 e. The summed E-state index contributed by atoms with van der Waals surface area (Å²) in [5.74, 6) is -1.76. The van der Waals surface area contributed by atoms with E-state index in [9.17, 15) is 23.9 Å². The molecule has 31 heavy (non-hydrogen) atoms. The molecule has 3 N–H and O–H groups in total. The number of halogens is 2. The number of amides is 3. The molecule has 3 amide bonds. The first-order valence-corrected chi connectivity index (χ1v) is 10.0. The number of anilines is 2. The summed E-state index contributed by atoms with van der Waals surface area (Å²) in [6.07, 6.45) is -1.01. The average molecular weight is 450 g/mol. The fourth-order valence-corrected chi connectivity index (χ4v) is 3.47. The molecule has 0 bridgehead atoms. The smallest absolute Gasteiger partial charge is 0.408 e. The minimum Gasteiger partial charge on any atom is -0.465 e. The van der Waals surface area contributed by atoms with Crippen LogP contribution < -0.4 is 10.6 Å². The Bertz CT molecular complexity index is 991. The van der Waals surface area contributed by atoms with Crippen molar-refractivity contribution in [3.63, 3.8) is 0 Å². The Morgan fingerprint density at radius 2 is 1.77 bits per heavy atom. The number of nitrogens with one attached hydrogen (secondary N) is 2. The van der Waals surface area contributed by atoms with Crippen molar-refractivity contribution >= 4 is 40.9 Å². The van der Waals surface area contributed by atoms with Crippen LogP contribution in [0.1, 0.15) is 44.5 Å². The molecule has 166 valence electrons. The Morgan fingerprint density at radius 3 is 2.32 bits per heavy atom. The van der Waals surface area contributed by atoms with Gasteiger partial charge in [0.05, 0.1) is 16.3 Å². The van der Waals surface area contributed by atoms with Gasteiger partial charge in [0.2, 0.25) is 5.91 Å². The summed E-state index contributed by atoms with van der Waals surface area (Å²) in [5.41, 5.74) is -0.507. The van der Waals surface area contributed by atoms with Gasteiger partial charge in [-0.15, -0.1) is 0 Å². The van der Waals surface area contributed by atoms with Gasteiger partial charge in [0.25, 0.3) is 5.91 Å². The highest BCUT2D eigenvalue weighted by Crippen LogP contribution is 2.27. The molecule has 2 aromatic carbocycles. The van der Waals surface area contributed by atoms with Crippen LogP contribution in [-0.2, 0) is 4.79 Å². The van der Waals surface area contributed by atoms with Gasteiger partial charge < -0.3 is 15.7 Å². The first kappa shape index (κ1) is 24.1. The van der Waals surface area contributed by atoms with Crippen LogP contribution >= 0.6 is 11.6 Å². The van der Waals surface area contributed by atoms with Crippen LogP contribution in [-0.4, -0.2) is 39.5 Å². The molecule has 0 aliphatic carbocycles. The fourth-order valence-electron chi connectivity index (χ4n) is 3.21. The van der Waals surface area contributed by atoms with E-state index in [4.69, 9.17) is 11.6 Å². The quantitative estimate of drug-likeness (QED) is 0.562. The Balaban J connectivity index is 2.35. The Morgan fingerprint density at radius 1 is 1.13 bits per heavy atom. The van der Waals surface area contributed by atoms with Gasteiger partial charge in [-0.3, -0.25) is 14.5 Å². The van der Waals surface area contributed by atoms with Crippen LogP contribution in [0.4, 0.5) is 20.6 Å². The third kappa shape index (κ3) is 5.95. The highest BCUT2D eigenvalue weighted by Gasteiger charge is 2.36. The normalized spacial score (nSPS) is 12.1. The van der Waals surface area contributed by atoms with E-state index in [0.717, 1.165) is 11.0 Å². The highest BCUT2D eigenvalue weighted by molar-refractivity contribution is 6.35. The van der Waals surface area contributed by atoms with E-state index in [1.165, 1.54) is 30.3 Å². The lowest BCUT2D eigenvalue weighted by molar-refractivity contribution is -0.122. The number of carboxylic acid groups (broad SMARTS) is 1. The molecule has 0 radical (unpaired) electrons. The minimum absolute atomic E-state index is 0.0192. The number of nitrogens with zero attached hydrogens (tertiary/aromatic N) is 1. The molecule has 0 spiro atoms. The first-order valence-electron chi connectivity index (χ1n) is 9.64. The summed E-state index contributed by atoms with van der Waals surface area (Å²) >= 11 is 6.21. The van der Waals surface area contributed by atoms with E-state index in [-0.39, 0.29) is 28.4 Å². The lowest BCUT2D eigenvalue weighted by Crippen LogP contribution is -2.55. The van der Waals surface area contributed by atoms with E-state index >= 15 is 0 Å². The molecule has 2 aromatic rings. The van der Waals surface area contributed by atoms with Crippen molar-refractivity contribution < 1.29 is 23.9 Å². The van der Waals surface area contributed by atoms with Gasteiger partial charge in [-0.05, 0) is 57.5 Å². The number of hydrogen-bond donors (Lipinski definition) is 3. The zero-order valence-corrected chi connectivity index (χ0v) is 18.5. The predicted octanol–water partition coefficient (Wildman–Crippen LogP) is 5.23. The van der Waals surface area contributed by atoms with Crippen molar-refractivity contribution in [3.8, 4) is 0 Å². The molecule has 2 rings (SSSR count). The van der Waals surface area contributed by atoms with Crippen molar-refractivity contribution in [2.45, 2.75) is 45.7 Å². The van der Waals surface area contributed by atoms with Crippen molar-refractivity contribution in [1.82, 2.24) is 4.90 Å². The van der Waals surface area contributed by atoms with Gasteiger partial charge in [-0.25, -0.2) is 9.18 Å². The topological polar surface area (TPSA) is 98.7 Å². The first-order chi connectivity index (χ1) is 14.5. The molecule has 0 saturated heterocycles. The predicted molar refractivity (Wildman–Crippen MR) is 118 cm³/mol. The molecule has 0 saturated carbocycles. The zero-order valence-electron chi connectivity index (χ0n) is 17.7. The zero-order chi connectivity index (χ0) is 23.3.